The summed E-state index contributed by atoms with van der Waals surface area (Å²) in [6.07, 6.45) is 7.70. The number of rotatable bonds is 4. The van der Waals surface area contributed by atoms with E-state index in [1.807, 2.05) is 7.05 Å². The third kappa shape index (κ3) is 4.05. The van der Waals surface area contributed by atoms with Crippen LogP contribution in [-0.4, -0.2) is 18.6 Å². The molecule has 3 rings (SSSR count). The van der Waals surface area contributed by atoms with Crippen LogP contribution in [0.15, 0.2) is 76.8 Å². The average Bonchev–Trinajstić information content (AvgIpc) is 2.65. The van der Waals surface area contributed by atoms with Gasteiger partial charge in [-0.05, 0) is 48.8 Å². The summed E-state index contributed by atoms with van der Waals surface area (Å²) in [4.78, 5) is 8.08. The summed E-state index contributed by atoms with van der Waals surface area (Å²) in [5.74, 6) is 0. The van der Waals surface area contributed by atoms with Crippen molar-refractivity contribution in [3.8, 4) is 0 Å². The highest BCUT2D eigenvalue weighted by atomic mass is 32.2. The molecule has 128 valence electrons. The molecule has 2 aromatic rings. The predicted octanol–water partition coefficient (Wildman–Crippen LogP) is 5.94. The van der Waals surface area contributed by atoms with Crippen molar-refractivity contribution in [2.75, 3.05) is 18.5 Å². The number of aryl methyl sites for hydroxylation is 1. The highest BCUT2D eigenvalue weighted by Gasteiger charge is 2.15. The van der Waals surface area contributed by atoms with Crippen LogP contribution in [-0.2, 0) is 0 Å². The molecule has 1 heterocycles. The molecular weight excluding hydrogens is 324 g/mol. The summed E-state index contributed by atoms with van der Waals surface area (Å²) >= 11 is 1.72. The molecule has 2 nitrogen and oxygen atoms in total. The fourth-order valence-corrected chi connectivity index (χ4v) is 3.80. The molecule has 0 radical (unpaired) electrons. The third-order valence-corrected chi connectivity index (χ3v) is 5.42. The molecule has 3 heteroatoms. The first-order valence-corrected chi connectivity index (χ1v) is 9.50. The van der Waals surface area contributed by atoms with Crippen LogP contribution >= 0.6 is 11.8 Å². The Morgan fingerprint density at radius 3 is 2.64 bits per heavy atom. The SMILES string of the molecule is CCCN1C=C/C(=C\C(=NC)Sc2ccccc2C)c2ccccc21. The van der Waals surface area contributed by atoms with Gasteiger partial charge in [0, 0.05) is 35.9 Å². The van der Waals surface area contributed by atoms with E-state index in [4.69, 9.17) is 0 Å². The van der Waals surface area contributed by atoms with Crippen LogP contribution in [0, 0.1) is 6.92 Å². The zero-order valence-electron chi connectivity index (χ0n) is 15.1. The largest absolute Gasteiger partial charge is 0.347 e. The van der Waals surface area contributed by atoms with Crippen LogP contribution < -0.4 is 4.90 Å². The first-order chi connectivity index (χ1) is 12.2. The smallest absolute Gasteiger partial charge is 0.0954 e. The summed E-state index contributed by atoms with van der Waals surface area (Å²) in [7, 11) is 1.86. The molecule has 0 bridgehead atoms. The van der Waals surface area contributed by atoms with Crippen molar-refractivity contribution < 1.29 is 0 Å². The fraction of sp³-hybridized carbons (Fsp3) is 0.227. The maximum atomic E-state index is 4.50. The van der Waals surface area contributed by atoms with Gasteiger partial charge in [0.05, 0.1) is 5.04 Å². The van der Waals surface area contributed by atoms with Crippen molar-refractivity contribution in [1.29, 1.82) is 0 Å². The monoisotopic (exact) mass is 348 g/mol. The molecule has 0 N–H and O–H groups in total. The van der Waals surface area contributed by atoms with E-state index in [1.165, 1.54) is 27.3 Å². The number of hydrogen-bond acceptors (Lipinski definition) is 3. The molecule has 0 unspecified atom stereocenters. The summed E-state index contributed by atoms with van der Waals surface area (Å²) < 4.78 is 0. The number of nitrogens with zero attached hydrogens (tertiary/aromatic N) is 2. The van der Waals surface area contributed by atoms with Crippen LogP contribution in [0.2, 0.25) is 0 Å². The van der Waals surface area contributed by atoms with Crippen molar-refractivity contribution in [1.82, 2.24) is 0 Å². The van der Waals surface area contributed by atoms with Gasteiger partial charge in [-0.2, -0.15) is 0 Å². The van der Waals surface area contributed by atoms with Gasteiger partial charge in [-0.15, -0.1) is 0 Å². The van der Waals surface area contributed by atoms with E-state index in [9.17, 15) is 0 Å². The Labute approximate surface area is 155 Å². The second-order valence-corrected chi connectivity index (χ2v) is 7.12. The number of aliphatic imine (C=N–C) groups is 1. The van der Waals surface area contributed by atoms with Crippen molar-refractivity contribution in [2.45, 2.75) is 25.2 Å². The number of thioether (sulfide) groups is 1. The third-order valence-electron chi connectivity index (χ3n) is 4.23. The van der Waals surface area contributed by atoms with Gasteiger partial charge < -0.3 is 4.90 Å². The molecule has 0 saturated heterocycles. The fourth-order valence-electron chi connectivity index (χ4n) is 2.93. The Hall–Kier alpha value is -2.26. The topological polar surface area (TPSA) is 15.6 Å². The lowest BCUT2D eigenvalue weighted by molar-refractivity contribution is 0.876. The molecule has 0 saturated carbocycles. The summed E-state index contributed by atoms with van der Waals surface area (Å²) in [6.45, 7) is 5.39. The number of para-hydroxylation sites is 1. The molecule has 0 amide bonds. The minimum atomic E-state index is 1.02. The number of fused-ring (bicyclic) bond motifs is 1. The van der Waals surface area contributed by atoms with Crippen LogP contribution in [0.1, 0.15) is 24.5 Å². The van der Waals surface area contributed by atoms with Crippen molar-refractivity contribution in [2.24, 2.45) is 4.99 Å². The molecule has 1 aliphatic heterocycles. The van der Waals surface area contributed by atoms with E-state index in [0.717, 1.165) is 18.0 Å². The quantitative estimate of drug-likeness (QED) is 0.386. The molecule has 25 heavy (non-hydrogen) atoms. The van der Waals surface area contributed by atoms with Gasteiger partial charge in [0.15, 0.2) is 0 Å². The second kappa shape index (κ2) is 8.21. The summed E-state index contributed by atoms with van der Waals surface area (Å²) in [5.41, 5.74) is 5.03. The van der Waals surface area contributed by atoms with Gasteiger partial charge in [0.25, 0.3) is 0 Å². The molecule has 0 spiro atoms. The Morgan fingerprint density at radius 1 is 1.12 bits per heavy atom. The minimum Gasteiger partial charge on any atom is -0.347 e. The van der Waals surface area contributed by atoms with E-state index >= 15 is 0 Å². The molecule has 0 fully saturated rings. The molecule has 2 aromatic carbocycles. The normalized spacial score (nSPS) is 15.6. The first kappa shape index (κ1) is 17.6. The Bertz CT molecular complexity index is 833. The lowest BCUT2D eigenvalue weighted by Crippen LogP contribution is -2.20. The van der Waals surface area contributed by atoms with E-state index in [2.05, 4.69) is 90.6 Å². The number of allylic oxidation sites excluding steroid dienone is 2. The Balaban J connectivity index is 1.92. The highest BCUT2D eigenvalue weighted by molar-refractivity contribution is 8.14. The highest BCUT2D eigenvalue weighted by Crippen LogP contribution is 2.34. The summed E-state index contributed by atoms with van der Waals surface area (Å²) in [5, 5.41) is 1.02. The van der Waals surface area contributed by atoms with Gasteiger partial charge in [0.2, 0.25) is 0 Å². The van der Waals surface area contributed by atoms with E-state index in [-0.39, 0.29) is 0 Å². The molecule has 0 atom stereocenters. The Morgan fingerprint density at radius 2 is 1.88 bits per heavy atom. The van der Waals surface area contributed by atoms with Crippen molar-refractivity contribution in [3.05, 3.63) is 78.0 Å². The number of hydrogen-bond donors (Lipinski definition) is 0. The molecule has 1 aliphatic rings. The maximum absolute atomic E-state index is 4.50. The zero-order valence-corrected chi connectivity index (χ0v) is 15.9. The molecule has 0 aromatic heterocycles. The van der Waals surface area contributed by atoms with E-state index in [1.54, 1.807) is 11.8 Å². The lowest BCUT2D eigenvalue weighted by Gasteiger charge is -2.27. The van der Waals surface area contributed by atoms with E-state index < -0.39 is 0 Å². The molecular formula is C22H24N2S. The van der Waals surface area contributed by atoms with Crippen molar-refractivity contribution >= 4 is 28.1 Å². The van der Waals surface area contributed by atoms with Gasteiger partial charge in [-0.1, -0.05) is 55.1 Å². The number of benzene rings is 2. The van der Waals surface area contributed by atoms with Crippen LogP contribution in [0.4, 0.5) is 5.69 Å². The van der Waals surface area contributed by atoms with Gasteiger partial charge in [-0.25, -0.2) is 0 Å². The standard InChI is InChI=1S/C22H24N2S/c1-4-14-24-15-13-18(19-10-6-7-11-20(19)24)16-22(23-3)25-21-12-8-5-9-17(21)2/h5-13,15-16H,4,14H2,1-3H3/b18-16+,23-22?. The predicted molar refractivity (Wildman–Crippen MR) is 112 cm³/mol. The van der Waals surface area contributed by atoms with Crippen LogP contribution in [0.3, 0.4) is 0 Å². The second-order valence-electron chi connectivity index (χ2n) is 6.06. The number of anilines is 1. The molecule has 0 aliphatic carbocycles. The maximum Gasteiger partial charge on any atom is 0.0954 e. The van der Waals surface area contributed by atoms with Crippen LogP contribution in [0.5, 0.6) is 0 Å². The Kier molecular flexibility index (Phi) is 5.77. The van der Waals surface area contributed by atoms with Crippen molar-refractivity contribution in [3.63, 3.8) is 0 Å². The minimum absolute atomic E-state index is 1.02. The van der Waals surface area contributed by atoms with Gasteiger partial charge >= 0.3 is 0 Å². The van der Waals surface area contributed by atoms with Gasteiger partial charge in [0.1, 0.15) is 0 Å². The van der Waals surface area contributed by atoms with Gasteiger partial charge in [-0.3, -0.25) is 4.99 Å². The van der Waals surface area contributed by atoms with E-state index in [0.29, 0.717) is 0 Å². The average molecular weight is 349 g/mol. The summed E-state index contributed by atoms with van der Waals surface area (Å²) in [6, 6.07) is 17.0. The van der Waals surface area contributed by atoms with Crippen LogP contribution in [0.25, 0.3) is 5.57 Å². The first-order valence-electron chi connectivity index (χ1n) is 8.69. The zero-order chi connectivity index (χ0) is 17.6. The lowest BCUT2D eigenvalue weighted by atomic mass is 9.99.